The van der Waals surface area contributed by atoms with Crippen LogP contribution >= 0.6 is 54.8 Å². The Hall–Kier alpha value is 8.29. The van der Waals surface area contributed by atoms with Crippen molar-refractivity contribution in [2.75, 3.05) is 0 Å². The number of rotatable bonds is 0. The summed E-state index contributed by atoms with van der Waals surface area (Å²) in [5.41, 5.74) is 0. The van der Waals surface area contributed by atoms with Gasteiger partial charge in [0.15, 0.2) is 0 Å². The van der Waals surface area contributed by atoms with Gasteiger partial charge in [-0.05, 0) is 0 Å². The van der Waals surface area contributed by atoms with Gasteiger partial charge in [0.25, 0.3) is 0 Å². The number of hydrogen-bond donors (Lipinski definition) is 0. The van der Waals surface area contributed by atoms with E-state index in [9.17, 15) is 0 Å². The fraction of sp³-hybridized carbons (Fsp3) is 0. The molecule has 0 aromatic rings. The Kier molecular flexibility index (Phi) is 160. The van der Waals surface area contributed by atoms with E-state index in [4.69, 9.17) is 135 Å². The second kappa shape index (κ2) is 61.0. The van der Waals surface area contributed by atoms with E-state index >= 15 is 0 Å². The first kappa shape index (κ1) is 124. The molecular formula is H6Ca3Fe3Mg3O31P7. The van der Waals surface area contributed by atoms with Gasteiger partial charge in [-0.3, -0.25) is 0 Å². The Morgan fingerprint density at radius 3 is 0.213 bits per heavy atom. The van der Waals surface area contributed by atoms with Crippen molar-refractivity contribution in [1.82, 2.24) is 0 Å². The molecule has 0 fully saturated rings. The first-order valence-corrected chi connectivity index (χ1v) is 15.3. The third-order valence-electron chi connectivity index (χ3n) is 0. The molecule has 0 aromatic heterocycles. The van der Waals surface area contributed by atoms with E-state index in [0.717, 1.165) is 0 Å². The molecule has 0 aliphatic carbocycles. The summed E-state index contributed by atoms with van der Waals surface area (Å²) in [6.45, 7) is 0. The minimum absolute atomic E-state index is 0. The molecule has 0 unspecified atom stereocenters. The molecular weight excluding hydrogens is 1070 g/mol. The van der Waals surface area contributed by atoms with Crippen LogP contribution < -0.4 is 103 Å². The van der Waals surface area contributed by atoms with E-state index in [0.29, 0.717) is 0 Å². The first-order valence-electron chi connectivity index (χ1n) is 5.11. The molecule has 0 bridgehead atoms. The van der Waals surface area contributed by atoms with Crippen molar-refractivity contribution in [3.63, 3.8) is 0 Å². The van der Waals surface area contributed by atoms with Gasteiger partial charge in [0.05, 0.1) is 0 Å². The Morgan fingerprint density at radius 2 is 0.213 bits per heavy atom. The molecule has 0 atom stereocenters. The van der Waals surface area contributed by atoms with Gasteiger partial charge in [-0.1, -0.05) is 0 Å². The summed E-state index contributed by atoms with van der Waals surface area (Å²) in [6.07, 6.45) is 0. The summed E-state index contributed by atoms with van der Waals surface area (Å²) in [5.74, 6) is 0. The summed E-state index contributed by atoms with van der Waals surface area (Å²) in [6, 6.07) is 0. The predicted molar refractivity (Wildman–Crippen MR) is 98.6 cm³/mol. The fourth-order valence-electron chi connectivity index (χ4n) is 0. The average Bonchev–Trinajstić information content (AvgIpc) is 2.06. The quantitative estimate of drug-likeness (QED) is 0.161. The molecule has 6 N–H and O–H groups in total. The zero-order valence-corrected chi connectivity index (χ0v) is 41.8. The summed E-state index contributed by atoms with van der Waals surface area (Å²) >= 11 is 0. The Morgan fingerprint density at radius 1 is 0.213 bits per heavy atom. The monoisotopic (exact) mass is 1080 g/mol. The third-order valence-corrected chi connectivity index (χ3v) is 0. The van der Waals surface area contributed by atoms with Crippen LogP contribution in [0.25, 0.3) is 0 Å². The number of phosphoric acid groups is 7. The average molecular weight is 1080 g/mol. The molecule has 0 heterocycles. The largest absolute Gasteiger partial charge is 3.00 e. The second-order valence-corrected chi connectivity index (χ2v) is 9.39. The minimum atomic E-state index is -5.39. The van der Waals surface area contributed by atoms with E-state index in [-0.39, 0.29) is 250 Å². The predicted octanol–water partition coefficient (Wildman–Crippen LogP) is -24.5. The van der Waals surface area contributed by atoms with Gasteiger partial charge in [0.2, 0.25) is 0 Å². The molecule has 31 nitrogen and oxygen atoms in total. The van der Waals surface area contributed by atoms with Crippen molar-refractivity contribution in [2.24, 2.45) is 0 Å². The van der Waals surface area contributed by atoms with Crippen molar-refractivity contribution in [2.45, 2.75) is 0 Å². The van der Waals surface area contributed by atoms with Crippen LogP contribution in [0.3, 0.4) is 0 Å². The van der Waals surface area contributed by atoms with Gasteiger partial charge in [-0.15, -0.1) is 0 Å². The molecule has 3 radical (unpaired) electrons. The zero-order valence-electron chi connectivity index (χ0n) is 21.4. The van der Waals surface area contributed by atoms with Crippen LogP contribution in [0.1, 0.15) is 0 Å². The molecule has 47 heavy (non-hydrogen) atoms. The van der Waals surface area contributed by atoms with Gasteiger partial charge < -0.3 is 151 Å². The summed E-state index contributed by atoms with van der Waals surface area (Å²) < 4.78 is 59.8. The third kappa shape index (κ3) is 2160. The van der Waals surface area contributed by atoms with Crippen LogP contribution in [0.4, 0.5) is 0 Å². The second-order valence-electron chi connectivity index (χ2n) is 3.13. The molecule has 0 spiro atoms. The van der Waals surface area contributed by atoms with Crippen LogP contribution in [0.5, 0.6) is 0 Å². The van der Waals surface area contributed by atoms with Gasteiger partial charge in [-0.25, -0.2) is 0 Å². The SMILES string of the molecule is O.O.O.O=P([O-])([O-])[O-].O=P([O-])([O-])[O-].O=P([O-])([O-])[O-].O=P([O-])([O-])[O-].O=P([O-])([O-])[O-].O=P([O-])([O-])[O-].O=P([O-])([O-])[O-].[Ca+2].[Ca+2].[Ca+2].[Fe+3].[Fe+3].[Fe+3].[Mg+2].[Mg+2].[Mg+2]. The summed E-state index contributed by atoms with van der Waals surface area (Å²) in [7, 11) is -37.7. The van der Waals surface area contributed by atoms with Gasteiger partial charge in [0.1, 0.15) is 0 Å². The van der Waals surface area contributed by atoms with Crippen molar-refractivity contribution >= 4 is 237 Å². The summed E-state index contributed by atoms with van der Waals surface area (Å²) in [4.78, 5) is 180. The van der Waals surface area contributed by atoms with Crippen LogP contribution in [0.15, 0.2) is 0 Å². The zero-order chi connectivity index (χ0) is 31.5. The molecule has 0 aromatic carbocycles. The van der Waals surface area contributed by atoms with E-state index in [1.165, 1.54) is 0 Å². The van der Waals surface area contributed by atoms with Crippen LogP contribution in [-0.4, -0.2) is 199 Å². The molecule has 0 amide bonds. The van der Waals surface area contributed by atoms with E-state index in [1.807, 2.05) is 0 Å². The number of hydrogen-bond acceptors (Lipinski definition) is 28. The Labute approximate surface area is 431 Å². The van der Waals surface area contributed by atoms with Crippen LogP contribution in [0.2, 0.25) is 0 Å². The standard InChI is InChI=1S/3Ca.3Fe.3Mg.7H3O4P.3H2O/c;;;;;;;;;7*1-5(2,3)4;;;/h;;;;;;;;;7*(H3,1,2,3,4);3*1H2/q3*+2;3*+3;3*+2;;;;;;;;;;/p-21. The van der Waals surface area contributed by atoms with Crippen LogP contribution in [-0.2, 0) is 83.2 Å². The molecule has 0 saturated heterocycles. The van der Waals surface area contributed by atoms with Gasteiger partial charge >= 0.3 is 234 Å². The van der Waals surface area contributed by atoms with Crippen LogP contribution in [0, 0.1) is 0 Å². The molecule has 47 heteroatoms. The van der Waals surface area contributed by atoms with Gasteiger partial charge in [-0.2, -0.15) is 54.8 Å². The van der Waals surface area contributed by atoms with Crippen molar-refractivity contribution in [3.05, 3.63) is 0 Å². The molecule has 263 valence electrons. The van der Waals surface area contributed by atoms with Crippen molar-refractivity contribution < 1.29 is 202 Å². The molecule has 0 aliphatic heterocycles. The maximum Gasteiger partial charge on any atom is 3.00 e. The normalized spacial score (nSPS) is 8.79. The van der Waals surface area contributed by atoms with Crippen molar-refractivity contribution in [3.8, 4) is 0 Å². The van der Waals surface area contributed by atoms with Gasteiger partial charge in [0, 0.05) is 0 Å². The smallest absolute Gasteiger partial charge is 0.822 e. The summed E-state index contributed by atoms with van der Waals surface area (Å²) in [5, 5.41) is 0. The van der Waals surface area contributed by atoms with E-state index < -0.39 is 54.8 Å². The molecule has 0 aliphatic rings. The van der Waals surface area contributed by atoms with E-state index in [2.05, 4.69) is 0 Å². The van der Waals surface area contributed by atoms with E-state index in [1.54, 1.807) is 0 Å². The van der Waals surface area contributed by atoms with Crippen molar-refractivity contribution in [1.29, 1.82) is 0 Å². The fourth-order valence-corrected chi connectivity index (χ4v) is 0. The molecule has 0 saturated carbocycles. The maximum atomic E-state index is 8.55. The minimum Gasteiger partial charge on any atom is -0.822 e. The maximum absolute atomic E-state index is 8.55. The molecule has 0 rings (SSSR count). The Bertz CT molecular complexity index is 593. The Balaban J connectivity index is -0.0000000110. The topological polar surface area (TPSA) is 698 Å². The first-order chi connectivity index (χ1) is 14.0.